The van der Waals surface area contributed by atoms with E-state index < -0.39 is 26.5 Å². The summed E-state index contributed by atoms with van der Waals surface area (Å²) in [6, 6.07) is 5.73. The summed E-state index contributed by atoms with van der Waals surface area (Å²) < 4.78 is 38.3. The van der Waals surface area contributed by atoms with E-state index in [0.717, 1.165) is 22.5 Å². The van der Waals surface area contributed by atoms with E-state index >= 15 is 0 Å². The Bertz CT molecular complexity index is 786. The monoisotopic (exact) mass is 331 g/mol. The summed E-state index contributed by atoms with van der Waals surface area (Å²) in [4.78, 5) is 9.97. The fourth-order valence-corrected chi connectivity index (χ4v) is 4.15. The molecule has 0 aliphatic carbocycles. The van der Waals surface area contributed by atoms with Gasteiger partial charge in [-0.05, 0) is 24.3 Å². The van der Waals surface area contributed by atoms with E-state index in [1.807, 2.05) is 0 Å². The van der Waals surface area contributed by atoms with Gasteiger partial charge in [-0.25, -0.2) is 12.8 Å². The SMILES string of the molecule is CN(c1ccc(F)cc1)S(=O)(=O)c1cc([N+](=O)[O-])c(N)s1. The molecule has 0 saturated carbocycles. The highest BCUT2D eigenvalue weighted by Gasteiger charge is 2.28. The van der Waals surface area contributed by atoms with Gasteiger partial charge in [-0.3, -0.25) is 14.4 Å². The number of halogens is 1. The van der Waals surface area contributed by atoms with Crippen molar-refractivity contribution in [2.45, 2.75) is 4.21 Å². The molecule has 0 amide bonds. The number of hydrogen-bond acceptors (Lipinski definition) is 6. The van der Waals surface area contributed by atoms with Crippen LogP contribution in [0.1, 0.15) is 0 Å². The molecular weight excluding hydrogens is 321 g/mol. The first-order valence-corrected chi connectivity index (χ1v) is 7.77. The number of hydrogen-bond donors (Lipinski definition) is 1. The smallest absolute Gasteiger partial charge is 0.304 e. The van der Waals surface area contributed by atoms with Gasteiger partial charge in [-0.1, -0.05) is 11.3 Å². The lowest BCUT2D eigenvalue weighted by atomic mass is 10.3. The maximum absolute atomic E-state index is 12.9. The summed E-state index contributed by atoms with van der Waals surface area (Å²) in [5, 5.41) is 10.5. The van der Waals surface area contributed by atoms with Crippen LogP contribution < -0.4 is 10.0 Å². The highest BCUT2D eigenvalue weighted by atomic mass is 32.2. The van der Waals surface area contributed by atoms with E-state index in [0.29, 0.717) is 11.3 Å². The van der Waals surface area contributed by atoms with Crippen LogP contribution in [0.2, 0.25) is 0 Å². The van der Waals surface area contributed by atoms with Crippen molar-refractivity contribution >= 4 is 37.7 Å². The number of nitrogens with zero attached hydrogens (tertiary/aromatic N) is 2. The van der Waals surface area contributed by atoms with Crippen LogP contribution in [0.5, 0.6) is 0 Å². The summed E-state index contributed by atoms with van der Waals surface area (Å²) in [6.45, 7) is 0. The Morgan fingerprint density at radius 2 is 1.90 bits per heavy atom. The van der Waals surface area contributed by atoms with Gasteiger partial charge >= 0.3 is 5.69 Å². The Balaban J connectivity index is 2.44. The van der Waals surface area contributed by atoms with E-state index in [9.17, 15) is 22.9 Å². The van der Waals surface area contributed by atoms with Crippen molar-refractivity contribution < 1.29 is 17.7 Å². The second-order valence-electron chi connectivity index (χ2n) is 4.02. The molecule has 0 bridgehead atoms. The van der Waals surface area contributed by atoms with Crippen molar-refractivity contribution in [1.29, 1.82) is 0 Å². The molecule has 1 aromatic heterocycles. The molecule has 21 heavy (non-hydrogen) atoms. The molecule has 10 heteroatoms. The molecule has 2 rings (SSSR count). The van der Waals surface area contributed by atoms with E-state index in [-0.39, 0.29) is 14.9 Å². The average molecular weight is 331 g/mol. The van der Waals surface area contributed by atoms with Gasteiger partial charge in [0.25, 0.3) is 10.0 Å². The number of benzene rings is 1. The van der Waals surface area contributed by atoms with Crippen LogP contribution in [-0.2, 0) is 10.0 Å². The Hall–Kier alpha value is -2.20. The number of nitrogen functional groups attached to an aromatic ring is 1. The number of sulfonamides is 1. The number of nitro groups is 1. The fraction of sp³-hybridized carbons (Fsp3) is 0.0909. The van der Waals surface area contributed by atoms with Crippen LogP contribution in [0, 0.1) is 15.9 Å². The average Bonchev–Trinajstić information content (AvgIpc) is 2.82. The molecule has 0 spiro atoms. The molecule has 0 fully saturated rings. The zero-order chi connectivity index (χ0) is 15.8. The van der Waals surface area contributed by atoms with Gasteiger partial charge in [0.05, 0.1) is 10.6 Å². The predicted octanol–water partition coefficient (Wildman–Crippen LogP) is 2.20. The molecule has 0 radical (unpaired) electrons. The third kappa shape index (κ3) is 2.81. The molecule has 0 unspecified atom stereocenters. The van der Waals surface area contributed by atoms with Gasteiger partial charge in [-0.2, -0.15) is 0 Å². The van der Waals surface area contributed by atoms with Crippen molar-refractivity contribution in [3.63, 3.8) is 0 Å². The van der Waals surface area contributed by atoms with Gasteiger partial charge in [-0.15, -0.1) is 0 Å². The molecule has 1 heterocycles. The second-order valence-corrected chi connectivity index (χ2v) is 7.30. The number of anilines is 2. The third-order valence-corrected chi connectivity index (χ3v) is 5.91. The maximum Gasteiger partial charge on any atom is 0.304 e. The lowest BCUT2D eigenvalue weighted by Gasteiger charge is -2.18. The topological polar surface area (TPSA) is 107 Å². The van der Waals surface area contributed by atoms with Crippen LogP contribution in [0.25, 0.3) is 0 Å². The van der Waals surface area contributed by atoms with Crippen molar-refractivity contribution in [3.05, 3.63) is 46.3 Å². The highest BCUT2D eigenvalue weighted by Crippen LogP contribution is 2.36. The van der Waals surface area contributed by atoms with Gasteiger partial charge in [0.1, 0.15) is 10.0 Å². The van der Waals surface area contributed by atoms with E-state index in [1.165, 1.54) is 19.2 Å². The first-order valence-electron chi connectivity index (χ1n) is 5.51. The minimum atomic E-state index is -4.00. The quantitative estimate of drug-likeness (QED) is 0.683. The highest BCUT2D eigenvalue weighted by molar-refractivity contribution is 7.94. The Kier molecular flexibility index (Phi) is 3.83. The number of rotatable bonds is 4. The molecule has 0 saturated heterocycles. The standard InChI is InChI=1S/C11H10FN3O4S2/c1-14(8-4-2-7(12)3-5-8)21(18,19)10-6-9(15(16)17)11(13)20-10/h2-6H,13H2,1H3. The minimum absolute atomic E-state index is 0.189. The molecule has 2 aromatic rings. The van der Waals surface area contributed by atoms with Crippen LogP contribution in [0.15, 0.2) is 34.5 Å². The van der Waals surface area contributed by atoms with Gasteiger partial charge in [0.2, 0.25) is 0 Å². The van der Waals surface area contributed by atoms with Crippen LogP contribution in [-0.4, -0.2) is 20.4 Å². The first kappa shape index (κ1) is 15.2. The number of thiophene rings is 1. The summed E-state index contributed by atoms with van der Waals surface area (Å²) in [5.41, 5.74) is 5.22. The van der Waals surface area contributed by atoms with Gasteiger partial charge in [0, 0.05) is 13.1 Å². The summed E-state index contributed by atoms with van der Waals surface area (Å²) in [6.07, 6.45) is 0. The second kappa shape index (κ2) is 5.30. The molecule has 1 aromatic carbocycles. The Labute approximate surface area is 123 Å². The summed E-state index contributed by atoms with van der Waals surface area (Å²) in [7, 11) is -2.73. The zero-order valence-corrected chi connectivity index (χ0v) is 12.3. The normalized spacial score (nSPS) is 11.3. The van der Waals surface area contributed by atoms with Crippen molar-refractivity contribution in [2.75, 3.05) is 17.1 Å². The molecule has 0 aliphatic rings. The molecule has 7 nitrogen and oxygen atoms in total. The zero-order valence-electron chi connectivity index (χ0n) is 10.7. The summed E-state index contributed by atoms with van der Waals surface area (Å²) >= 11 is 0.608. The van der Waals surface area contributed by atoms with Gasteiger partial charge < -0.3 is 5.73 Å². The largest absolute Gasteiger partial charge is 0.385 e. The Morgan fingerprint density at radius 3 is 2.38 bits per heavy atom. The first-order chi connectivity index (χ1) is 9.73. The predicted molar refractivity (Wildman–Crippen MR) is 77.4 cm³/mol. The summed E-state index contributed by atoms with van der Waals surface area (Å²) in [5.74, 6) is -0.499. The van der Waals surface area contributed by atoms with Crippen LogP contribution in [0.3, 0.4) is 0 Å². The molecule has 0 aliphatic heterocycles. The minimum Gasteiger partial charge on any atom is -0.385 e. The van der Waals surface area contributed by atoms with E-state index in [4.69, 9.17) is 5.73 Å². The molecule has 112 valence electrons. The lowest BCUT2D eigenvalue weighted by Crippen LogP contribution is -2.25. The van der Waals surface area contributed by atoms with E-state index in [2.05, 4.69) is 0 Å². The lowest BCUT2D eigenvalue weighted by molar-refractivity contribution is -0.383. The molecule has 0 atom stereocenters. The molecular formula is C11H10FN3O4S2. The van der Waals surface area contributed by atoms with Crippen LogP contribution >= 0.6 is 11.3 Å². The third-order valence-electron chi connectivity index (χ3n) is 2.72. The van der Waals surface area contributed by atoms with Crippen LogP contribution in [0.4, 0.5) is 20.8 Å². The van der Waals surface area contributed by atoms with Gasteiger partial charge in [0.15, 0.2) is 5.00 Å². The maximum atomic E-state index is 12.9. The van der Waals surface area contributed by atoms with Crippen molar-refractivity contribution in [2.24, 2.45) is 0 Å². The van der Waals surface area contributed by atoms with Crippen molar-refractivity contribution in [3.8, 4) is 0 Å². The van der Waals surface area contributed by atoms with E-state index in [1.54, 1.807) is 0 Å². The number of nitrogens with two attached hydrogens (primary N) is 1. The Morgan fingerprint density at radius 1 is 1.33 bits per heavy atom. The van der Waals surface area contributed by atoms with Crippen molar-refractivity contribution in [1.82, 2.24) is 0 Å². The molecule has 2 N–H and O–H groups in total. The fourth-order valence-electron chi connectivity index (χ4n) is 1.57.